The van der Waals surface area contributed by atoms with Gasteiger partial charge in [-0.3, -0.25) is 0 Å². The van der Waals surface area contributed by atoms with Crippen LogP contribution in [0.4, 0.5) is 10.5 Å². The molecule has 2 aromatic carbocycles. The lowest BCUT2D eigenvalue weighted by Gasteiger charge is -2.13. The third-order valence-corrected chi connectivity index (χ3v) is 3.58. The first-order chi connectivity index (χ1) is 11.0. The third-order valence-electron chi connectivity index (χ3n) is 3.34. The highest BCUT2D eigenvalue weighted by Gasteiger charge is 2.08. The molecule has 2 amide bonds. The van der Waals surface area contributed by atoms with Gasteiger partial charge in [0, 0.05) is 17.3 Å². The van der Waals surface area contributed by atoms with Crippen LogP contribution in [0.2, 0.25) is 5.02 Å². The molecule has 0 saturated carbocycles. The fourth-order valence-corrected chi connectivity index (χ4v) is 2.28. The summed E-state index contributed by atoms with van der Waals surface area (Å²) in [6, 6.07) is 12.8. The maximum absolute atomic E-state index is 11.8. The van der Waals surface area contributed by atoms with E-state index in [1.807, 2.05) is 49.4 Å². The highest BCUT2D eigenvalue weighted by molar-refractivity contribution is 6.30. The molecule has 122 valence electrons. The summed E-state index contributed by atoms with van der Waals surface area (Å²) in [7, 11) is 0. The van der Waals surface area contributed by atoms with Gasteiger partial charge in [0.1, 0.15) is 0 Å². The lowest BCUT2D eigenvalue weighted by atomic mass is 10.0. The van der Waals surface area contributed by atoms with Crippen molar-refractivity contribution in [2.45, 2.75) is 13.0 Å². The van der Waals surface area contributed by atoms with Crippen LogP contribution in [0.3, 0.4) is 0 Å². The quantitative estimate of drug-likeness (QED) is 0.678. The van der Waals surface area contributed by atoms with Gasteiger partial charge in [-0.2, -0.15) is 0 Å². The molecule has 1 unspecified atom stereocenters. The van der Waals surface area contributed by atoms with E-state index in [0.717, 1.165) is 16.7 Å². The number of hydrogen-bond acceptors (Lipinski definition) is 3. The van der Waals surface area contributed by atoms with Gasteiger partial charge in [0.2, 0.25) is 0 Å². The second-order valence-corrected chi connectivity index (χ2v) is 5.65. The molecule has 5 nitrogen and oxygen atoms in total. The van der Waals surface area contributed by atoms with Crippen molar-refractivity contribution >= 4 is 23.3 Å². The number of aryl methyl sites for hydroxylation is 1. The van der Waals surface area contributed by atoms with Crippen LogP contribution in [0.1, 0.15) is 5.56 Å². The Balaban J connectivity index is 2.06. The molecule has 23 heavy (non-hydrogen) atoms. The molecule has 1 atom stereocenters. The van der Waals surface area contributed by atoms with E-state index in [9.17, 15) is 9.90 Å². The number of carbonyl (C=O) groups is 1. The normalized spacial score (nSPS) is 11.8. The highest BCUT2D eigenvalue weighted by atomic mass is 35.5. The van der Waals surface area contributed by atoms with Crippen LogP contribution in [0.5, 0.6) is 0 Å². The molecule has 0 spiro atoms. The van der Waals surface area contributed by atoms with Gasteiger partial charge in [-0.05, 0) is 47.9 Å². The van der Waals surface area contributed by atoms with Crippen molar-refractivity contribution in [1.29, 1.82) is 0 Å². The van der Waals surface area contributed by atoms with Gasteiger partial charge in [-0.15, -0.1) is 0 Å². The molecule has 0 bridgehead atoms. The molecule has 0 aliphatic heterocycles. The maximum Gasteiger partial charge on any atom is 0.319 e. The van der Waals surface area contributed by atoms with Gasteiger partial charge in [0.05, 0.1) is 12.7 Å². The summed E-state index contributed by atoms with van der Waals surface area (Å²) in [4.78, 5) is 11.8. The van der Waals surface area contributed by atoms with Gasteiger partial charge in [0.15, 0.2) is 0 Å². The Labute approximate surface area is 139 Å². The zero-order chi connectivity index (χ0) is 16.8. The van der Waals surface area contributed by atoms with Crippen LogP contribution < -0.4 is 10.6 Å². The summed E-state index contributed by atoms with van der Waals surface area (Å²) >= 11 is 6.00. The third kappa shape index (κ3) is 4.96. The maximum atomic E-state index is 11.8. The van der Waals surface area contributed by atoms with Crippen molar-refractivity contribution in [3.63, 3.8) is 0 Å². The largest absolute Gasteiger partial charge is 0.394 e. The number of amides is 2. The van der Waals surface area contributed by atoms with Crippen molar-refractivity contribution in [3.8, 4) is 11.1 Å². The number of benzene rings is 2. The summed E-state index contributed by atoms with van der Waals surface area (Å²) in [5.74, 6) is 0. The Morgan fingerprint density at radius 1 is 1.22 bits per heavy atom. The number of hydrogen-bond donors (Lipinski definition) is 4. The van der Waals surface area contributed by atoms with Crippen LogP contribution in [0.15, 0.2) is 42.5 Å². The van der Waals surface area contributed by atoms with Crippen molar-refractivity contribution < 1.29 is 15.0 Å². The minimum absolute atomic E-state index is 0.0119. The van der Waals surface area contributed by atoms with Crippen LogP contribution >= 0.6 is 11.6 Å². The van der Waals surface area contributed by atoms with Gasteiger partial charge < -0.3 is 20.8 Å². The van der Waals surface area contributed by atoms with Crippen molar-refractivity contribution in [1.82, 2.24) is 5.32 Å². The fraction of sp³-hybridized carbons (Fsp3) is 0.235. The molecule has 4 N–H and O–H groups in total. The zero-order valence-corrected chi connectivity index (χ0v) is 13.5. The number of urea groups is 1. The zero-order valence-electron chi connectivity index (χ0n) is 12.7. The van der Waals surface area contributed by atoms with E-state index >= 15 is 0 Å². The van der Waals surface area contributed by atoms with Crippen molar-refractivity contribution in [3.05, 3.63) is 53.1 Å². The Kier molecular flexibility index (Phi) is 5.98. The molecule has 6 heteroatoms. The van der Waals surface area contributed by atoms with Crippen LogP contribution in [-0.2, 0) is 0 Å². The molecular weight excluding hydrogens is 316 g/mol. The highest BCUT2D eigenvalue weighted by Crippen LogP contribution is 2.26. The average molecular weight is 335 g/mol. The van der Waals surface area contributed by atoms with E-state index < -0.39 is 18.7 Å². The van der Waals surface area contributed by atoms with Gasteiger partial charge in [-0.25, -0.2) is 4.79 Å². The van der Waals surface area contributed by atoms with E-state index in [0.29, 0.717) is 10.7 Å². The SMILES string of the molecule is Cc1cc(-c2cccc(Cl)c2)ccc1NC(=O)NCC(O)CO. The Morgan fingerprint density at radius 2 is 1.96 bits per heavy atom. The van der Waals surface area contributed by atoms with Crippen molar-refractivity contribution in [2.24, 2.45) is 0 Å². The Hall–Kier alpha value is -2.08. The lowest BCUT2D eigenvalue weighted by Crippen LogP contribution is -2.36. The molecule has 2 aromatic rings. The van der Waals surface area contributed by atoms with E-state index in [-0.39, 0.29) is 6.54 Å². The number of carbonyl (C=O) groups excluding carboxylic acids is 1. The molecule has 0 fully saturated rings. The summed E-state index contributed by atoms with van der Waals surface area (Å²) in [5.41, 5.74) is 3.58. The molecule has 2 rings (SSSR count). The topological polar surface area (TPSA) is 81.6 Å². The lowest BCUT2D eigenvalue weighted by molar-refractivity contribution is 0.0965. The number of rotatable bonds is 5. The summed E-state index contributed by atoms with van der Waals surface area (Å²) in [6.45, 7) is 1.49. The summed E-state index contributed by atoms with van der Waals surface area (Å²) in [5, 5.41) is 23.8. The number of anilines is 1. The second kappa shape index (κ2) is 7.97. The molecule has 0 radical (unpaired) electrons. The summed E-state index contributed by atoms with van der Waals surface area (Å²) in [6.07, 6.45) is -0.966. The summed E-state index contributed by atoms with van der Waals surface area (Å²) < 4.78 is 0. The van der Waals surface area contributed by atoms with E-state index in [2.05, 4.69) is 10.6 Å². The standard InChI is InChI=1S/C17H19ClN2O3/c1-11-7-13(12-3-2-4-14(18)8-12)5-6-16(11)20-17(23)19-9-15(22)10-21/h2-8,15,21-22H,9-10H2,1H3,(H2,19,20,23). The molecule has 0 heterocycles. The van der Waals surface area contributed by atoms with Crippen LogP contribution in [-0.4, -0.2) is 35.5 Å². The van der Waals surface area contributed by atoms with E-state index in [1.165, 1.54) is 0 Å². The minimum Gasteiger partial charge on any atom is -0.394 e. The predicted molar refractivity (Wildman–Crippen MR) is 91.7 cm³/mol. The molecule has 0 aromatic heterocycles. The average Bonchev–Trinajstić information content (AvgIpc) is 2.54. The van der Waals surface area contributed by atoms with Crippen molar-refractivity contribution in [2.75, 3.05) is 18.5 Å². The first kappa shape index (κ1) is 17.3. The predicted octanol–water partition coefficient (Wildman–Crippen LogP) is 2.79. The van der Waals surface area contributed by atoms with Crippen LogP contribution in [0.25, 0.3) is 11.1 Å². The second-order valence-electron chi connectivity index (χ2n) is 5.21. The molecule has 0 aliphatic rings. The fourth-order valence-electron chi connectivity index (χ4n) is 2.09. The first-order valence-electron chi connectivity index (χ1n) is 7.20. The number of aliphatic hydroxyl groups excluding tert-OH is 2. The van der Waals surface area contributed by atoms with Gasteiger partial charge in [0.25, 0.3) is 0 Å². The monoisotopic (exact) mass is 334 g/mol. The molecular formula is C17H19ClN2O3. The number of nitrogens with one attached hydrogen (secondary N) is 2. The minimum atomic E-state index is -0.966. The molecule has 0 aliphatic carbocycles. The number of halogens is 1. The number of aliphatic hydroxyl groups is 2. The smallest absolute Gasteiger partial charge is 0.319 e. The van der Waals surface area contributed by atoms with Crippen LogP contribution in [0, 0.1) is 6.92 Å². The Bertz CT molecular complexity index is 691. The molecule has 0 saturated heterocycles. The van der Waals surface area contributed by atoms with E-state index in [4.69, 9.17) is 16.7 Å². The van der Waals surface area contributed by atoms with Gasteiger partial charge >= 0.3 is 6.03 Å². The Morgan fingerprint density at radius 3 is 2.61 bits per heavy atom. The van der Waals surface area contributed by atoms with Gasteiger partial charge in [-0.1, -0.05) is 29.8 Å². The first-order valence-corrected chi connectivity index (χ1v) is 7.57. The van der Waals surface area contributed by atoms with E-state index in [1.54, 1.807) is 0 Å².